The van der Waals surface area contributed by atoms with Crippen LogP contribution in [0.4, 0.5) is 0 Å². The summed E-state index contributed by atoms with van der Waals surface area (Å²) in [6.07, 6.45) is 0. The van der Waals surface area contributed by atoms with Crippen LogP contribution in [0.15, 0.2) is 52.4 Å². The molecule has 0 fully saturated rings. The maximum atomic E-state index is 5.16. The average Bonchev–Trinajstić information content (AvgIpc) is 2.88. The summed E-state index contributed by atoms with van der Waals surface area (Å²) in [5.74, 6) is 1.88. The zero-order chi connectivity index (χ0) is 13.1. The van der Waals surface area contributed by atoms with Gasteiger partial charge in [0.25, 0.3) is 0 Å². The van der Waals surface area contributed by atoms with E-state index in [1.165, 1.54) is 13.7 Å². The van der Waals surface area contributed by atoms with E-state index in [2.05, 4.69) is 41.4 Å². The van der Waals surface area contributed by atoms with Gasteiger partial charge in [0.05, 0.1) is 0 Å². The molecule has 19 heavy (non-hydrogen) atoms. The summed E-state index contributed by atoms with van der Waals surface area (Å²) in [6, 6.07) is 16.7. The van der Waals surface area contributed by atoms with Gasteiger partial charge in [-0.3, -0.25) is 0 Å². The molecule has 0 saturated heterocycles. The van der Waals surface area contributed by atoms with E-state index >= 15 is 0 Å². The molecular weight excluding hydrogens is 321 g/mol. The van der Waals surface area contributed by atoms with Crippen LogP contribution in [0, 0.1) is 0 Å². The molecule has 0 aliphatic carbocycles. The number of para-hydroxylation sites is 1. The SMILES string of the molecule is COc1ccc(CSc2nc3ccccc3[se]2)cc1. The Morgan fingerprint density at radius 1 is 1.11 bits per heavy atom. The first kappa shape index (κ1) is 12.8. The summed E-state index contributed by atoms with van der Waals surface area (Å²) >= 11 is 2.23. The molecule has 2 nitrogen and oxygen atoms in total. The van der Waals surface area contributed by atoms with Gasteiger partial charge in [0.1, 0.15) is 0 Å². The fourth-order valence-corrected chi connectivity index (χ4v) is 5.15. The van der Waals surface area contributed by atoms with Gasteiger partial charge in [-0.15, -0.1) is 0 Å². The molecule has 0 aliphatic rings. The minimum absolute atomic E-state index is 0.383. The summed E-state index contributed by atoms with van der Waals surface area (Å²) in [4.78, 5) is 4.68. The second-order valence-corrected chi connectivity index (χ2v) is 7.79. The zero-order valence-electron chi connectivity index (χ0n) is 10.5. The Morgan fingerprint density at radius 2 is 1.89 bits per heavy atom. The number of rotatable bonds is 4. The van der Waals surface area contributed by atoms with Gasteiger partial charge in [0.2, 0.25) is 0 Å². The second kappa shape index (κ2) is 5.83. The third-order valence-electron chi connectivity index (χ3n) is 2.80. The summed E-state index contributed by atoms with van der Waals surface area (Å²) < 4.78 is 7.83. The van der Waals surface area contributed by atoms with Crippen LogP contribution < -0.4 is 4.74 Å². The molecule has 3 aromatic rings. The van der Waals surface area contributed by atoms with Crippen molar-refractivity contribution in [3.05, 3.63) is 54.1 Å². The Labute approximate surface area is 122 Å². The molecule has 0 saturated carbocycles. The van der Waals surface area contributed by atoms with Crippen LogP contribution >= 0.6 is 11.8 Å². The Kier molecular flexibility index (Phi) is 3.92. The predicted octanol–water partition coefficient (Wildman–Crippen LogP) is 3.59. The normalized spacial score (nSPS) is 10.8. The number of nitrogens with zero attached hydrogens (tertiary/aromatic N) is 1. The molecule has 2 aromatic carbocycles. The molecule has 0 N–H and O–H groups in total. The van der Waals surface area contributed by atoms with Gasteiger partial charge in [-0.25, -0.2) is 0 Å². The van der Waals surface area contributed by atoms with Crippen molar-refractivity contribution >= 4 is 36.0 Å². The van der Waals surface area contributed by atoms with Gasteiger partial charge in [0.15, 0.2) is 0 Å². The van der Waals surface area contributed by atoms with Crippen molar-refractivity contribution in [2.75, 3.05) is 7.11 Å². The van der Waals surface area contributed by atoms with Gasteiger partial charge >= 0.3 is 122 Å². The summed E-state index contributed by atoms with van der Waals surface area (Å²) in [7, 11) is 1.69. The van der Waals surface area contributed by atoms with Crippen LogP contribution in [0.1, 0.15) is 5.56 Å². The van der Waals surface area contributed by atoms with Crippen molar-refractivity contribution in [2.45, 2.75) is 9.65 Å². The van der Waals surface area contributed by atoms with Gasteiger partial charge in [-0.2, -0.15) is 0 Å². The molecule has 0 aliphatic heterocycles. The van der Waals surface area contributed by atoms with E-state index in [4.69, 9.17) is 4.74 Å². The van der Waals surface area contributed by atoms with Gasteiger partial charge < -0.3 is 0 Å². The van der Waals surface area contributed by atoms with Gasteiger partial charge in [-0.05, 0) is 0 Å². The fourth-order valence-electron chi connectivity index (χ4n) is 1.78. The van der Waals surface area contributed by atoms with Gasteiger partial charge in [-0.1, -0.05) is 0 Å². The number of benzene rings is 2. The number of fused-ring (bicyclic) bond motifs is 1. The fraction of sp³-hybridized carbons (Fsp3) is 0.133. The second-order valence-electron chi connectivity index (χ2n) is 4.08. The quantitative estimate of drug-likeness (QED) is 0.538. The molecule has 96 valence electrons. The van der Waals surface area contributed by atoms with E-state index in [0.717, 1.165) is 17.0 Å². The third kappa shape index (κ3) is 3.03. The minimum atomic E-state index is 0.383. The molecule has 0 bridgehead atoms. The molecule has 4 heteroatoms. The van der Waals surface area contributed by atoms with Crippen LogP contribution in [0.2, 0.25) is 0 Å². The van der Waals surface area contributed by atoms with Crippen molar-refractivity contribution in [3.63, 3.8) is 0 Å². The van der Waals surface area contributed by atoms with Crippen LogP contribution in [0.25, 0.3) is 9.78 Å². The number of thioether (sulfide) groups is 1. The number of hydrogen-bond acceptors (Lipinski definition) is 3. The number of aromatic nitrogens is 1. The molecule has 0 spiro atoms. The molecule has 0 amide bonds. The average molecular weight is 334 g/mol. The van der Waals surface area contributed by atoms with Gasteiger partial charge in [0, 0.05) is 0 Å². The topological polar surface area (TPSA) is 22.1 Å². The standard InChI is InChI=1S/C15H13NOSSe/c1-17-12-8-6-11(7-9-12)10-18-15-16-13-4-2-3-5-14(13)19-15/h2-9H,10H2,1H3. The molecule has 1 aromatic heterocycles. The monoisotopic (exact) mass is 335 g/mol. The summed E-state index contributed by atoms with van der Waals surface area (Å²) in [5, 5.41) is 0. The molecule has 0 atom stereocenters. The molecule has 1 heterocycles. The van der Waals surface area contributed by atoms with E-state index in [9.17, 15) is 0 Å². The van der Waals surface area contributed by atoms with E-state index in [1.807, 2.05) is 23.9 Å². The molecule has 0 unspecified atom stereocenters. The van der Waals surface area contributed by atoms with Crippen molar-refractivity contribution in [1.82, 2.24) is 4.98 Å². The Morgan fingerprint density at radius 3 is 2.63 bits per heavy atom. The predicted molar refractivity (Wildman–Crippen MR) is 81.2 cm³/mol. The van der Waals surface area contributed by atoms with Crippen molar-refractivity contribution < 1.29 is 4.74 Å². The van der Waals surface area contributed by atoms with Crippen molar-refractivity contribution in [3.8, 4) is 5.75 Å². The van der Waals surface area contributed by atoms with Crippen molar-refractivity contribution in [1.29, 1.82) is 0 Å². The summed E-state index contributed by atoms with van der Waals surface area (Å²) in [6.45, 7) is 0. The number of methoxy groups -OCH3 is 1. The van der Waals surface area contributed by atoms with E-state index in [0.29, 0.717) is 14.5 Å². The maximum absolute atomic E-state index is 5.16. The molecular formula is C15H13NOSSe. The van der Waals surface area contributed by atoms with Crippen LogP contribution in [-0.4, -0.2) is 26.6 Å². The van der Waals surface area contributed by atoms with Crippen LogP contribution in [0.3, 0.4) is 0 Å². The van der Waals surface area contributed by atoms with Crippen molar-refractivity contribution in [2.24, 2.45) is 0 Å². The first-order valence-electron chi connectivity index (χ1n) is 5.96. The van der Waals surface area contributed by atoms with E-state index in [1.54, 1.807) is 7.11 Å². The molecule has 0 radical (unpaired) electrons. The Balaban J connectivity index is 1.70. The van der Waals surface area contributed by atoms with E-state index in [-0.39, 0.29) is 0 Å². The molecule has 3 rings (SSSR count). The third-order valence-corrected chi connectivity index (χ3v) is 6.53. The zero-order valence-corrected chi connectivity index (χ0v) is 13.0. The Bertz CT molecular complexity index is 645. The Hall–Kier alpha value is -1.22. The van der Waals surface area contributed by atoms with E-state index < -0.39 is 0 Å². The van der Waals surface area contributed by atoms with Crippen LogP contribution in [0.5, 0.6) is 5.75 Å². The first-order valence-corrected chi connectivity index (χ1v) is 8.66. The first-order chi connectivity index (χ1) is 9.35. The summed E-state index contributed by atoms with van der Waals surface area (Å²) in [5.41, 5.74) is 2.46. The van der Waals surface area contributed by atoms with Crippen LogP contribution in [-0.2, 0) is 5.75 Å². The number of ether oxygens (including phenoxy) is 1. The number of hydrogen-bond donors (Lipinski definition) is 0.